The van der Waals surface area contributed by atoms with E-state index in [-0.39, 0.29) is 0 Å². The van der Waals surface area contributed by atoms with E-state index in [9.17, 15) is 4.79 Å². The van der Waals surface area contributed by atoms with Crippen molar-refractivity contribution < 1.29 is 9.53 Å². The first-order valence-corrected chi connectivity index (χ1v) is 6.21. The van der Waals surface area contributed by atoms with Gasteiger partial charge in [-0.2, -0.15) is 0 Å². The summed E-state index contributed by atoms with van der Waals surface area (Å²) < 4.78 is 4.56. The van der Waals surface area contributed by atoms with E-state index in [1.54, 1.807) is 0 Å². The quantitative estimate of drug-likeness (QED) is 0.385. The summed E-state index contributed by atoms with van der Waals surface area (Å²) in [6.07, 6.45) is 3.14. The molecule has 0 aliphatic heterocycles. The maximum absolute atomic E-state index is 10.2. The summed E-state index contributed by atoms with van der Waals surface area (Å²) in [5, 5.41) is 1.20. The Balaban J connectivity index is 0.000000192. The van der Waals surface area contributed by atoms with Crippen molar-refractivity contribution in [3.8, 4) is 0 Å². The second-order valence-corrected chi connectivity index (χ2v) is 3.83. The highest BCUT2D eigenvalue weighted by molar-refractivity contribution is 5.77. The molecule has 0 radical (unpaired) electrons. The first-order chi connectivity index (χ1) is 9.27. The largest absolute Gasteiger partial charge is 0.449 e. The lowest BCUT2D eigenvalue weighted by molar-refractivity contribution is 0.144. The van der Waals surface area contributed by atoms with Crippen molar-refractivity contribution in [3.63, 3.8) is 0 Å². The van der Waals surface area contributed by atoms with Gasteiger partial charge >= 0.3 is 6.09 Å². The van der Waals surface area contributed by atoms with Crippen LogP contribution in [0.5, 0.6) is 0 Å². The number of hydrazine groups is 1. The number of carbonyl (C=O) groups is 1. The van der Waals surface area contributed by atoms with Crippen LogP contribution in [0.3, 0.4) is 0 Å². The van der Waals surface area contributed by atoms with E-state index in [4.69, 9.17) is 5.84 Å². The minimum atomic E-state index is -0.566. The second kappa shape index (κ2) is 8.88. The van der Waals surface area contributed by atoms with Crippen LogP contribution in [-0.2, 0) is 4.74 Å². The van der Waals surface area contributed by atoms with Gasteiger partial charge in [-0.05, 0) is 18.6 Å². The van der Waals surface area contributed by atoms with E-state index in [0.717, 1.165) is 18.4 Å². The number of nitrogens with one attached hydrogen (secondary N) is 1. The lowest BCUT2D eigenvalue weighted by Gasteiger charge is -2.00. The minimum absolute atomic E-state index is 0.444. The number of pyridine rings is 1. The number of fused-ring (bicyclic) bond motifs is 1. The van der Waals surface area contributed by atoms with Gasteiger partial charge in [0.25, 0.3) is 0 Å². The molecule has 1 aromatic carbocycles. The fourth-order valence-electron chi connectivity index (χ4n) is 1.37. The Bertz CT molecular complexity index is 437. The van der Waals surface area contributed by atoms with Gasteiger partial charge in [-0.1, -0.05) is 37.6 Å². The molecule has 0 aliphatic rings. The molecule has 102 valence electrons. The van der Waals surface area contributed by atoms with Gasteiger partial charge in [0.05, 0.1) is 12.1 Å². The summed E-state index contributed by atoms with van der Waals surface area (Å²) in [6, 6.07) is 12.1. The molecule has 5 heteroatoms. The van der Waals surface area contributed by atoms with Crippen LogP contribution in [0.1, 0.15) is 19.8 Å². The van der Waals surface area contributed by atoms with E-state index in [0.29, 0.717) is 6.61 Å². The van der Waals surface area contributed by atoms with Crippen molar-refractivity contribution in [2.24, 2.45) is 5.84 Å². The summed E-state index contributed by atoms with van der Waals surface area (Å²) in [4.78, 5) is 14.4. The molecule has 0 saturated heterocycles. The highest BCUT2D eigenvalue weighted by atomic mass is 16.5. The summed E-state index contributed by atoms with van der Waals surface area (Å²) in [6.45, 7) is 2.46. The van der Waals surface area contributed by atoms with E-state index < -0.39 is 6.09 Å². The Labute approximate surface area is 112 Å². The number of ether oxygens (including phenoxy) is 1. The molecule has 2 rings (SSSR count). The first kappa shape index (κ1) is 14.9. The van der Waals surface area contributed by atoms with Gasteiger partial charge < -0.3 is 4.74 Å². The Kier molecular flexibility index (Phi) is 6.97. The number of benzene rings is 1. The topological polar surface area (TPSA) is 77.2 Å². The highest BCUT2D eigenvalue weighted by Gasteiger charge is 1.94. The number of aromatic nitrogens is 1. The van der Waals surface area contributed by atoms with E-state index >= 15 is 0 Å². The predicted molar refractivity (Wildman–Crippen MR) is 75.3 cm³/mol. The zero-order valence-corrected chi connectivity index (χ0v) is 11.0. The number of hydrogen-bond donors (Lipinski definition) is 2. The average Bonchev–Trinajstić information content (AvgIpc) is 2.48. The third-order valence-corrected chi connectivity index (χ3v) is 2.36. The lowest BCUT2D eigenvalue weighted by Crippen LogP contribution is -2.30. The first-order valence-electron chi connectivity index (χ1n) is 6.21. The van der Waals surface area contributed by atoms with Gasteiger partial charge in [0, 0.05) is 11.6 Å². The van der Waals surface area contributed by atoms with Gasteiger partial charge in [0.2, 0.25) is 0 Å². The van der Waals surface area contributed by atoms with E-state index in [2.05, 4.69) is 21.9 Å². The zero-order chi connectivity index (χ0) is 13.9. The van der Waals surface area contributed by atoms with E-state index in [1.807, 2.05) is 42.8 Å². The Morgan fingerprint density at radius 1 is 1.32 bits per heavy atom. The molecular formula is C14H19N3O2. The number of nitrogens with zero attached hydrogens (tertiary/aromatic N) is 1. The molecule has 0 saturated carbocycles. The summed E-state index contributed by atoms with van der Waals surface area (Å²) in [5.41, 5.74) is 2.92. The molecule has 0 aliphatic carbocycles. The standard InChI is InChI=1S/C9H7N.C5H12N2O2/c1-2-6-9-8(4-1)5-3-7-10-9;1-2-3-4-9-5(8)7-6/h1-7H;2-4,6H2,1H3,(H,7,8). The van der Waals surface area contributed by atoms with Gasteiger partial charge in [-0.25, -0.2) is 10.6 Å². The lowest BCUT2D eigenvalue weighted by atomic mass is 10.2. The van der Waals surface area contributed by atoms with Crippen molar-refractivity contribution in [1.82, 2.24) is 10.4 Å². The van der Waals surface area contributed by atoms with Gasteiger partial charge in [0.1, 0.15) is 0 Å². The molecule has 1 heterocycles. The Hall–Kier alpha value is -2.14. The Morgan fingerprint density at radius 2 is 2.05 bits per heavy atom. The molecule has 19 heavy (non-hydrogen) atoms. The second-order valence-electron chi connectivity index (χ2n) is 3.83. The fraction of sp³-hybridized carbons (Fsp3) is 0.286. The van der Waals surface area contributed by atoms with Crippen LogP contribution in [0.15, 0.2) is 42.6 Å². The summed E-state index contributed by atoms with van der Waals surface area (Å²) in [7, 11) is 0. The number of nitrogens with two attached hydrogens (primary N) is 1. The SMILES string of the molecule is CCCCOC(=O)NN.c1ccc2ncccc2c1. The zero-order valence-electron chi connectivity index (χ0n) is 11.0. The van der Waals surface area contributed by atoms with Crippen molar-refractivity contribution >= 4 is 17.0 Å². The number of amides is 1. The number of carbonyl (C=O) groups excluding carboxylic acids is 1. The van der Waals surface area contributed by atoms with Crippen LogP contribution in [0.2, 0.25) is 0 Å². The minimum Gasteiger partial charge on any atom is -0.449 e. The fourth-order valence-corrected chi connectivity index (χ4v) is 1.37. The smallest absolute Gasteiger partial charge is 0.421 e. The molecule has 0 spiro atoms. The third-order valence-electron chi connectivity index (χ3n) is 2.36. The molecule has 0 fully saturated rings. The van der Waals surface area contributed by atoms with Crippen LogP contribution in [0.4, 0.5) is 4.79 Å². The van der Waals surface area contributed by atoms with Crippen molar-refractivity contribution in [1.29, 1.82) is 0 Å². The Morgan fingerprint density at radius 3 is 2.74 bits per heavy atom. The van der Waals surface area contributed by atoms with Gasteiger partial charge in [0.15, 0.2) is 0 Å². The molecule has 1 amide bonds. The predicted octanol–water partition coefficient (Wildman–Crippen LogP) is 2.62. The molecule has 1 aromatic heterocycles. The molecule has 0 unspecified atom stereocenters. The molecule has 3 N–H and O–H groups in total. The molecular weight excluding hydrogens is 242 g/mol. The van der Waals surface area contributed by atoms with Crippen molar-refractivity contribution in [3.05, 3.63) is 42.6 Å². The average molecular weight is 261 g/mol. The van der Waals surface area contributed by atoms with Gasteiger partial charge in [-0.3, -0.25) is 10.4 Å². The van der Waals surface area contributed by atoms with Crippen LogP contribution in [-0.4, -0.2) is 17.7 Å². The van der Waals surface area contributed by atoms with Crippen LogP contribution in [0.25, 0.3) is 10.9 Å². The van der Waals surface area contributed by atoms with Crippen LogP contribution >= 0.6 is 0 Å². The van der Waals surface area contributed by atoms with Crippen molar-refractivity contribution in [2.45, 2.75) is 19.8 Å². The van der Waals surface area contributed by atoms with Crippen molar-refractivity contribution in [2.75, 3.05) is 6.61 Å². The third kappa shape index (κ3) is 5.83. The maximum Gasteiger partial charge on any atom is 0.421 e. The number of para-hydroxylation sites is 1. The maximum atomic E-state index is 10.2. The normalized spacial score (nSPS) is 9.37. The number of unbranched alkanes of at least 4 members (excludes halogenated alkanes) is 1. The van der Waals surface area contributed by atoms with Gasteiger partial charge in [-0.15, -0.1) is 0 Å². The monoisotopic (exact) mass is 261 g/mol. The van der Waals surface area contributed by atoms with Crippen LogP contribution < -0.4 is 11.3 Å². The van der Waals surface area contributed by atoms with E-state index in [1.165, 1.54) is 5.39 Å². The molecule has 2 aromatic rings. The summed E-state index contributed by atoms with van der Waals surface area (Å²) in [5.74, 6) is 4.73. The molecule has 5 nitrogen and oxygen atoms in total. The number of rotatable bonds is 3. The summed E-state index contributed by atoms with van der Waals surface area (Å²) >= 11 is 0. The van der Waals surface area contributed by atoms with Crippen LogP contribution in [0, 0.1) is 0 Å². The molecule has 0 atom stereocenters. The number of hydrogen-bond acceptors (Lipinski definition) is 4. The highest BCUT2D eigenvalue weighted by Crippen LogP contribution is 2.07. The molecule has 0 bridgehead atoms.